The summed E-state index contributed by atoms with van der Waals surface area (Å²) in [5.74, 6) is 1.59. The predicted molar refractivity (Wildman–Crippen MR) is 75.0 cm³/mol. The molecular formula is C12H14Cl2N4. The standard InChI is InChI=1S/C12H14Cl2N4/c1-6(2)18-7(3)16-17-12(18)8-4-9(13)11(15)10(14)5-8/h4-6H,15H2,1-3H3. The molecule has 1 aromatic heterocycles. The Morgan fingerprint density at radius 2 is 1.72 bits per heavy atom. The second-order valence-electron chi connectivity index (χ2n) is 4.39. The van der Waals surface area contributed by atoms with Crippen molar-refractivity contribution in [3.8, 4) is 11.4 Å². The normalized spacial score (nSPS) is 11.2. The fraction of sp³-hybridized carbons (Fsp3) is 0.333. The maximum Gasteiger partial charge on any atom is 0.164 e. The summed E-state index contributed by atoms with van der Waals surface area (Å²) in [6.07, 6.45) is 0. The van der Waals surface area contributed by atoms with Gasteiger partial charge >= 0.3 is 0 Å². The van der Waals surface area contributed by atoms with Gasteiger partial charge in [0.2, 0.25) is 0 Å². The van der Waals surface area contributed by atoms with Gasteiger partial charge < -0.3 is 10.3 Å². The first kappa shape index (κ1) is 13.2. The smallest absolute Gasteiger partial charge is 0.164 e. The number of benzene rings is 1. The quantitative estimate of drug-likeness (QED) is 0.855. The van der Waals surface area contributed by atoms with Crippen molar-refractivity contribution in [1.29, 1.82) is 0 Å². The van der Waals surface area contributed by atoms with E-state index < -0.39 is 0 Å². The van der Waals surface area contributed by atoms with Crippen LogP contribution in [0.15, 0.2) is 12.1 Å². The molecule has 2 aromatic rings. The van der Waals surface area contributed by atoms with Crippen LogP contribution in [-0.2, 0) is 0 Å². The Morgan fingerprint density at radius 1 is 1.17 bits per heavy atom. The molecule has 0 saturated heterocycles. The van der Waals surface area contributed by atoms with Crippen LogP contribution >= 0.6 is 23.2 Å². The molecule has 6 heteroatoms. The van der Waals surface area contributed by atoms with E-state index >= 15 is 0 Å². The first-order valence-electron chi connectivity index (χ1n) is 5.58. The van der Waals surface area contributed by atoms with E-state index in [2.05, 4.69) is 24.0 Å². The summed E-state index contributed by atoms with van der Waals surface area (Å²) >= 11 is 12.1. The number of aryl methyl sites for hydroxylation is 1. The van der Waals surface area contributed by atoms with E-state index in [4.69, 9.17) is 28.9 Å². The number of rotatable bonds is 2. The van der Waals surface area contributed by atoms with Crippen molar-refractivity contribution in [1.82, 2.24) is 14.8 Å². The van der Waals surface area contributed by atoms with Crippen LogP contribution in [0.2, 0.25) is 10.0 Å². The monoisotopic (exact) mass is 284 g/mol. The molecule has 0 atom stereocenters. The maximum absolute atomic E-state index is 6.04. The highest BCUT2D eigenvalue weighted by Crippen LogP contribution is 2.33. The number of nitrogen functional groups attached to an aromatic ring is 1. The molecule has 4 nitrogen and oxygen atoms in total. The summed E-state index contributed by atoms with van der Waals surface area (Å²) in [6.45, 7) is 6.05. The van der Waals surface area contributed by atoms with Gasteiger partial charge in [0.15, 0.2) is 5.82 Å². The Kier molecular flexibility index (Phi) is 3.50. The van der Waals surface area contributed by atoms with Crippen LogP contribution in [-0.4, -0.2) is 14.8 Å². The summed E-state index contributed by atoms with van der Waals surface area (Å²) in [7, 11) is 0. The Bertz CT molecular complexity index is 567. The van der Waals surface area contributed by atoms with E-state index in [-0.39, 0.29) is 6.04 Å². The third kappa shape index (κ3) is 2.18. The van der Waals surface area contributed by atoms with Crippen molar-refractivity contribution in [3.63, 3.8) is 0 Å². The maximum atomic E-state index is 6.04. The van der Waals surface area contributed by atoms with Gasteiger partial charge in [-0.15, -0.1) is 10.2 Å². The molecule has 0 bridgehead atoms. The van der Waals surface area contributed by atoms with Gasteiger partial charge in [-0.3, -0.25) is 0 Å². The number of aromatic nitrogens is 3. The molecule has 96 valence electrons. The average molecular weight is 285 g/mol. The predicted octanol–water partition coefficient (Wildman–Crippen LogP) is 3.72. The second kappa shape index (κ2) is 4.78. The fourth-order valence-corrected chi connectivity index (χ4v) is 2.38. The van der Waals surface area contributed by atoms with Gasteiger partial charge in [0.1, 0.15) is 5.82 Å². The SMILES string of the molecule is Cc1nnc(-c2cc(Cl)c(N)c(Cl)c2)n1C(C)C. The van der Waals surface area contributed by atoms with Gasteiger partial charge in [-0.05, 0) is 32.9 Å². The minimum Gasteiger partial charge on any atom is -0.396 e. The number of hydrogen-bond acceptors (Lipinski definition) is 3. The van der Waals surface area contributed by atoms with Crippen molar-refractivity contribution < 1.29 is 0 Å². The molecular weight excluding hydrogens is 271 g/mol. The zero-order valence-electron chi connectivity index (χ0n) is 10.4. The lowest BCUT2D eigenvalue weighted by molar-refractivity contribution is 0.587. The molecule has 1 heterocycles. The lowest BCUT2D eigenvalue weighted by Crippen LogP contribution is -2.05. The summed E-state index contributed by atoms with van der Waals surface area (Å²) in [5.41, 5.74) is 6.92. The van der Waals surface area contributed by atoms with Crippen molar-refractivity contribution >= 4 is 28.9 Å². The number of hydrogen-bond donors (Lipinski definition) is 1. The van der Waals surface area contributed by atoms with Gasteiger partial charge in [-0.1, -0.05) is 23.2 Å². The lowest BCUT2D eigenvalue weighted by atomic mass is 10.2. The van der Waals surface area contributed by atoms with Gasteiger partial charge in [0.05, 0.1) is 15.7 Å². The summed E-state index contributed by atoms with van der Waals surface area (Å²) < 4.78 is 2.03. The molecule has 0 spiro atoms. The highest BCUT2D eigenvalue weighted by molar-refractivity contribution is 6.39. The van der Waals surface area contributed by atoms with Gasteiger partial charge in [0.25, 0.3) is 0 Å². The number of halogens is 2. The summed E-state index contributed by atoms with van der Waals surface area (Å²) in [4.78, 5) is 0. The largest absolute Gasteiger partial charge is 0.396 e. The number of anilines is 1. The average Bonchev–Trinajstić information content (AvgIpc) is 2.67. The van der Waals surface area contributed by atoms with Crippen LogP contribution in [0.5, 0.6) is 0 Å². The molecule has 0 unspecified atom stereocenters. The van der Waals surface area contributed by atoms with Crippen LogP contribution in [0.3, 0.4) is 0 Å². The van der Waals surface area contributed by atoms with Crippen molar-refractivity contribution in [3.05, 3.63) is 28.0 Å². The van der Waals surface area contributed by atoms with E-state index in [1.165, 1.54) is 0 Å². The zero-order valence-corrected chi connectivity index (χ0v) is 11.9. The van der Waals surface area contributed by atoms with E-state index in [0.29, 0.717) is 15.7 Å². The summed E-state index contributed by atoms with van der Waals surface area (Å²) in [5, 5.41) is 9.11. The third-order valence-corrected chi connectivity index (χ3v) is 3.35. The summed E-state index contributed by atoms with van der Waals surface area (Å²) in [6, 6.07) is 3.76. The Hall–Kier alpha value is -1.26. The molecule has 1 aromatic carbocycles. The third-order valence-electron chi connectivity index (χ3n) is 2.72. The molecule has 0 saturated carbocycles. The number of nitrogens with zero attached hydrogens (tertiary/aromatic N) is 3. The molecule has 0 aliphatic heterocycles. The molecule has 0 fully saturated rings. The van der Waals surface area contributed by atoms with Crippen molar-refractivity contribution in [2.75, 3.05) is 5.73 Å². The van der Waals surface area contributed by atoms with Crippen molar-refractivity contribution in [2.24, 2.45) is 0 Å². The van der Waals surface area contributed by atoms with Gasteiger partial charge in [-0.25, -0.2) is 0 Å². The first-order chi connectivity index (χ1) is 8.41. The Morgan fingerprint density at radius 3 is 2.22 bits per heavy atom. The minimum absolute atomic E-state index is 0.255. The molecule has 2 N–H and O–H groups in total. The fourth-order valence-electron chi connectivity index (χ4n) is 1.90. The topological polar surface area (TPSA) is 56.7 Å². The van der Waals surface area contributed by atoms with E-state index in [9.17, 15) is 0 Å². The first-order valence-corrected chi connectivity index (χ1v) is 6.33. The molecule has 0 aliphatic carbocycles. The van der Waals surface area contributed by atoms with Crippen LogP contribution in [0, 0.1) is 6.92 Å². The van der Waals surface area contributed by atoms with Crippen LogP contribution in [0.25, 0.3) is 11.4 Å². The van der Waals surface area contributed by atoms with Gasteiger partial charge in [0, 0.05) is 11.6 Å². The molecule has 18 heavy (non-hydrogen) atoms. The van der Waals surface area contributed by atoms with Gasteiger partial charge in [-0.2, -0.15) is 0 Å². The highest BCUT2D eigenvalue weighted by Gasteiger charge is 2.15. The van der Waals surface area contributed by atoms with E-state index in [1.807, 2.05) is 11.5 Å². The van der Waals surface area contributed by atoms with Crippen LogP contribution < -0.4 is 5.73 Å². The molecule has 0 radical (unpaired) electrons. The highest BCUT2D eigenvalue weighted by atomic mass is 35.5. The zero-order chi connectivity index (χ0) is 13.4. The lowest BCUT2D eigenvalue weighted by Gasteiger charge is -2.13. The second-order valence-corrected chi connectivity index (χ2v) is 5.20. The Labute approximate surface area is 116 Å². The molecule has 0 aliphatic rings. The van der Waals surface area contributed by atoms with Crippen LogP contribution in [0.4, 0.5) is 5.69 Å². The molecule has 2 rings (SSSR count). The van der Waals surface area contributed by atoms with Crippen molar-refractivity contribution in [2.45, 2.75) is 26.8 Å². The number of nitrogens with two attached hydrogens (primary N) is 1. The van der Waals surface area contributed by atoms with Crippen LogP contribution in [0.1, 0.15) is 25.7 Å². The minimum atomic E-state index is 0.255. The Balaban J connectivity index is 2.63. The van der Waals surface area contributed by atoms with E-state index in [0.717, 1.165) is 17.2 Å². The van der Waals surface area contributed by atoms with E-state index in [1.54, 1.807) is 12.1 Å². The molecule has 0 amide bonds.